The van der Waals surface area contributed by atoms with E-state index in [0.29, 0.717) is 6.04 Å². The Labute approximate surface area is 202 Å². The average molecular weight is 473 g/mol. The molecule has 1 saturated carbocycles. The van der Waals surface area contributed by atoms with Crippen LogP contribution in [0.25, 0.3) is 32.4 Å². The highest BCUT2D eigenvalue weighted by Gasteiger charge is 2.16. The number of thiazole rings is 1. The van der Waals surface area contributed by atoms with Crippen LogP contribution < -0.4 is 10.1 Å². The number of benzene rings is 2. The van der Waals surface area contributed by atoms with Crippen LogP contribution in [0.15, 0.2) is 49.1 Å². The third-order valence-corrected chi connectivity index (χ3v) is 7.65. The quantitative estimate of drug-likeness (QED) is 0.336. The first-order chi connectivity index (χ1) is 16.7. The highest BCUT2D eigenvalue weighted by molar-refractivity contribution is 7.22. The van der Waals surface area contributed by atoms with E-state index in [4.69, 9.17) is 9.72 Å². The zero-order valence-electron chi connectivity index (χ0n) is 19.5. The van der Waals surface area contributed by atoms with Crippen molar-refractivity contribution in [2.24, 2.45) is 7.05 Å². The van der Waals surface area contributed by atoms with Gasteiger partial charge in [0.1, 0.15) is 5.75 Å². The Kier molecular flexibility index (Phi) is 5.45. The van der Waals surface area contributed by atoms with Gasteiger partial charge in [-0.15, -0.1) is 0 Å². The van der Waals surface area contributed by atoms with Gasteiger partial charge in [0.2, 0.25) is 0 Å². The first-order valence-corrected chi connectivity index (χ1v) is 12.7. The van der Waals surface area contributed by atoms with Crippen molar-refractivity contribution in [1.82, 2.24) is 24.3 Å². The molecule has 7 nitrogen and oxygen atoms in total. The summed E-state index contributed by atoms with van der Waals surface area (Å²) in [5, 5.41) is 9.03. The number of imidazole rings is 1. The molecule has 3 aromatic heterocycles. The molecule has 1 N–H and O–H groups in total. The fourth-order valence-corrected chi connectivity index (χ4v) is 5.92. The van der Waals surface area contributed by atoms with Crippen LogP contribution in [0.3, 0.4) is 0 Å². The second-order valence-corrected chi connectivity index (χ2v) is 10.1. The third kappa shape index (κ3) is 4.03. The summed E-state index contributed by atoms with van der Waals surface area (Å²) in [7, 11) is 3.62. The molecule has 0 unspecified atom stereocenters. The van der Waals surface area contributed by atoms with Gasteiger partial charge in [0.15, 0.2) is 5.13 Å². The van der Waals surface area contributed by atoms with Crippen LogP contribution in [0.4, 0.5) is 5.13 Å². The molecular formula is C26H28N6OS. The van der Waals surface area contributed by atoms with Gasteiger partial charge in [-0.25, -0.2) is 9.97 Å². The Morgan fingerprint density at radius 3 is 2.79 bits per heavy atom. The molecule has 2 aromatic carbocycles. The van der Waals surface area contributed by atoms with E-state index in [-0.39, 0.29) is 0 Å². The molecule has 0 saturated heterocycles. The maximum atomic E-state index is 5.65. The highest BCUT2D eigenvalue weighted by Crippen LogP contribution is 2.34. The van der Waals surface area contributed by atoms with Crippen LogP contribution >= 0.6 is 11.3 Å². The van der Waals surface area contributed by atoms with Crippen molar-refractivity contribution >= 4 is 37.7 Å². The monoisotopic (exact) mass is 472 g/mol. The molecule has 0 radical (unpaired) electrons. The molecule has 1 aliphatic carbocycles. The van der Waals surface area contributed by atoms with E-state index in [2.05, 4.69) is 44.2 Å². The molecule has 5 aromatic rings. The number of fused-ring (bicyclic) bond motifs is 2. The summed E-state index contributed by atoms with van der Waals surface area (Å²) in [5.74, 6) is 0.801. The van der Waals surface area contributed by atoms with E-state index in [0.717, 1.165) is 45.1 Å². The van der Waals surface area contributed by atoms with Crippen molar-refractivity contribution in [3.8, 4) is 16.9 Å². The molecule has 34 heavy (non-hydrogen) atoms. The van der Waals surface area contributed by atoms with Crippen molar-refractivity contribution in [3.63, 3.8) is 0 Å². The number of rotatable bonds is 6. The number of nitrogens with one attached hydrogen (secondary N) is 1. The van der Waals surface area contributed by atoms with Crippen LogP contribution in [0.1, 0.15) is 37.7 Å². The Morgan fingerprint density at radius 2 is 2.00 bits per heavy atom. The van der Waals surface area contributed by atoms with Gasteiger partial charge in [0.25, 0.3) is 0 Å². The fraction of sp³-hybridized carbons (Fsp3) is 0.346. The normalized spacial score (nSPS) is 14.8. The molecule has 1 fully saturated rings. The van der Waals surface area contributed by atoms with Gasteiger partial charge < -0.3 is 14.6 Å². The molecule has 6 rings (SSSR count). The van der Waals surface area contributed by atoms with E-state index >= 15 is 0 Å². The van der Waals surface area contributed by atoms with E-state index in [9.17, 15) is 0 Å². The highest BCUT2D eigenvalue weighted by atomic mass is 32.1. The van der Waals surface area contributed by atoms with Crippen molar-refractivity contribution in [3.05, 3.63) is 54.6 Å². The predicted molar refractivity (Wildman–Crippen MR) is 138 cm³/mol. The maximum absolute atomic E-state index is 5.65. The van der Waals surface area contributed by atoms with Crippen molar-refractivity contribution in [1.29, 1.82) is 0 Å². The average Bonchev–Trinajstić information content (AvgIpc) is 3.57. The molecular weight excluding hydrogens is 444 g/mol. The first-order valence-electron chi connectivity index (χ1n) is 11.8. The minimum atomic E-state index is 0.567. The molecule has 8 heteroatoms. The number of hydrogen-bond acceptors (Lipinski definition) is 6. The molecule has 3 heterocycles. The first kappa shape index (κ1) is 21.2. The number of hydrogen-bond donors (Lipinski definition) is 1. The number of anilines is 1. The molecule has 0 bridgehead atoms. The predicted octanol–water partition coefficient (Wildman–Crippen LogP) is 5.85. The van der Waals surface area contributed by atoms with Gasteiger partial charge in [-0.1, -0.05) is 36.7 Å². The zero-order valence-corrected chi connectivity index (χ0v) is 20.3. The summed E-state index contributed by atoms with van der Waals surface area (Å²) in [6.45, 7) is 0.745. The van der Waals surface area contributed by atoms with Crippen molar-refractivity contribution in [2.75, 3.05) is 12.4 Å². The number of aryl methyl sites for hydroxylation is 1. The van der Waals surface area contributed by atoms with Crippen LogP contribution in [0.2, 0.25) is 0 Å². The topological polar surface area (TPSA) is 69.8 Å². The Bertz CT molecular complexity index is 1460. The summed E-state index contributed by atoms with van der Waals surface area (Å²) < 4.78 is 10.9. The van der Waals surface area contributed by atoms with Gasteiger partial charge >= 0.3 is 0 Å². The van der Waals surface area contributed by atoms with Crippen LogP contribution in [0.5, 0.6) is 5.75 Å². The van der Waals surface area contributed by atoms with Gasteiger partial charge in [-0.3, -0.25) is 4.68 Å². The zero-order chi connectivity index (χ0) is 23.1. The van der Waals surface area contributed by atoms with Crippen LogP contribution in [0, 0.1) is 0 Å². The smallest absolute Gasteiger partial charge is 0.184 e. The molecule has 174 valence electrons. The minimum Gasteiger partial charge on any atom is -0.496 e. The summed E-state index contributed by atoms with van der Waals surface area (Å²) >= 11 is 1.76. The van der Waals surface area contributed by atoms with Gasteiger partial charge in [0.05, 0.1) is 40.9 Å². The number of methoxy groups -OCH3 is 1. The van der Waals surface area contributed by atoms with E-state index in [1.807, 2.05) is 31.8 Å². The minimum absolute atomic E-state index is 0.567. The SMILES string of the molecule is COc1cc2ncn(Cc3ccc4nc(NC5CCCCC5)sc4c3)c2cc1-c1cnn(C)c1. The summed E-state index contributed by atoms with van der Waals surface area (Å²) in [6.07, 6.45) is 12.3. The maximum Gasteiger partial charge on any atom is 0.184 e. The third-order valence-electron chi connectivity index (χ3n) is 6.70. The van der Waals surface area contributed by atoms with E-state index in [1.54, 1.807) is 23.1 Å². The number of aromatic nitrogens is 5. The Balaban J connectivity index is 1.29. The lowest BCUT2D eigenvalue weighted by molar-refractivity contribution is 0.417. The lowest BCUT2D eigenvalue weighted by Gasteiger charge is -2.22. The van der Waals surface area contributed by atoms with Crippen molar-refractivity contribution < 1.29 is 4.74 Å². The lowest BCUT2D eigenvalue weighted by atomic mass is 9.96. The molecule has 0 amide bonds. The molecule has 0 spiro atoms. The fourth-order valence-electron chi connectivity index (χ4n) is 4.91. The summed E-state index contributed by atoms with van der Waals surface area (Å²) in [6, 6.07) is 11.3. The van der Waals surface area contributed by atoms with Gasteiger partial charge in [0, 0.05) is 43.0 Å². The van der Waals surface area contributed by atoms with Crippen LogP contribution in [-0.4, -0.2) is 37.5 Å². The second kappa shape index (κ2) is 8.76. The Hall–Kier alpha value is -3.39. The number of nitrogens with zero attached hydrogens (tertiary/aromatic N) is 5. The lowest BCUT2D eigenvalue weighted by Crippen LogP contribution is -2.21. The van der Waals surface area contributed by atoms with Gasteiger partial charge in [-0.05, 0) is 36.6 Å². The molecule has 0 atom stereocenters. The van der Waals surface area contributed by atoms with Gasteiger partial charge in [-0.2, -0.15) is 5.10 Å². The van der Waals surface area contributed by atoms with E-state index < -0.39 is 0 Å². The summed E-state index contributed by atoms with van der Waals surface area (Å²) in [4.78, 5) is 9.46. The molecule has 1 aliphatic rings. The van der Waals surface area contributed by atoms with Crippen molar-refractivity contribution in [2.45, 2.75) is 44.7 Å². The number of ether oxygens (including phenoxy) is 1. The molecule has 0 aliphatic heterocycles. The Morgan fingerprint density at radius 1 is 1.12 bits per heavy atom. The van der Waals surface area contributed by atoms with Crippen LogP contribution in [-0.2, 0) is 13.6 Å². The second-order valence-electron chi connectivity index (χ2n) is 9.12. The standard InChI is InChI=1S/C26H28N6OS/c1-31-15-18(13-28-31)20-11-23-22(12-24(20)33-2)27-16-32(23)14-17-8-9-21-25(10-17)34-26(30-21)29-19-6-4-3-5-7-19/h8-13,15-16,19H,3-7,14H2,1-2H3,(H,29,30). The van der Waals surface area contributed by atoms with E-state index in [1.165, 1.54) is 42.4 Å². The summed E-state index contributed by atoms with van der Waals surface area (Å²) in [5.41, 5.74) is 6.33. The largest absolute Gasteiger partial charge is 0.496 e.